The van der Waals surface area contributed by atoms with Crippen LogP contribution in [-0.4, -0.2) is 42.2 Å². The van der Waals surface area contributed by atoms with Crippen LogP contribution >= 0.6 is 11.3 Å². The number of nitrogens with one attached hydrogen (secondary N) is 1. The lowest BCUT2D eigenvalue weighted by atomic mass is 10.0. The quantitative estimate of drug-likeness (QED) is 0.847. The fourth-order valence-electron chi connectivity index (χ4n) is 2.85. The molecule has 1 atom stereocenters. The van der Waals surface area contributed by atoms with Crippen molar-refractivity contribution in [3.63, 3.8) is 0 Å². The number of likely N-dealkylation sites (tertiary alicyclic amines) is 1. The Morgan fingerprint density at radius 3 is 2.70 bits per heavy atom. The van der Waals surface area contributed by atoms with Crippen LogP contribution in [0.3, 0.4) is 0 Å². The van der Waals surface area contributed by atoms with Crippen LogP contribution in [0.4, 0.5) is 0 Å². The molecule has 0 radical (unpaired) electrons. The van der Waals surface area contributed by atoms with E-state index in [0.29, 0.717) is 12.6 Å². The molecule has 1 saturated heterocycles. The monoisotopic (exact) mass is 296 g/mol. The van der Waals surface area contributed by atoms with Gasteiger partial charge in [-0.1, -0.05) is 19.9 Å². The molecule has 1 unspecified atom stereocenters. The molecular formula is C16H28N2OS. The average Bonchev–Trinajstić information content (AvgIpc) is 2.92. The van der Waals surface area contributed by atoms with Crippen LogP contribution in [0.1, 0.15) is 38.5 Å². The number of aliphatic hydroxyl groups is 1. The molecule has 0 bridgehead atoms. The van der Waals surface area contributed by atoms with E-state index in [4.69, 9.17) is 0 Å². The highest BCUT2D eigenvalue weighted by Gasteiger charge is 2.26. The van der Waals surface area contributed by atoms with Gasteiger partial charge in [0.15, 0.2) is 0 Å². The summed E-state index contributed by atoms with van der Waals surface area (Å²) < 4.78 is 0. The Morgan fingerprint density at radius 2 is 2.15 bits per heavy atom. The molecule has 20 heavy (non-hydrogen) atoms. The zero-order valence-corrected chi connectivity index (χ0v) is 13.7. The minimum Gasteiger partial charge on any atom is -0.383 e. The van der Waals surface area contributed by atoms with Crippen LogP contribution in [0.5, 0.6) is 0 Å². The molecule has 3 nitrogen and oxygen atoms in total. The first-order valence-electron chi connectivity index (χ1n) is 7.69. The molecule has 0 aliphatic carbocycles. The molecule has 1 aliphatic heterocycles. The highest BCUT2D eigenvalue weighted by atomic mass is 32.1. The van der Waals surface area contributed by atoms with Gasteiger partial charge in [0.1, 0.15) is 5.60 Å². The average molecular weight is 296 g/mol. The normalized spacial score (nSPS) is 21.2. The lowest BCUT2D eigenvalue weighted by Gasteiger charge is -2.35. The van der Waals surface area contributed by atoms with Crippen molar-refractivity contribution in [3.05, 3.63) is 22.4 Å². The summed E-state index contributed by atoms with van der Waals surface area (Å²) in [5.74, 6) is 0.749. The minimum atomic E-state index is -0.747. The maximum Gasteiger partial charge on any atom is 0.108 e. The van der Waals surface area contributed by atoms with Gasteiger partial charge in [0.05, 0.1) is 0 Å². The van der Waals surface area contributed by atoms with Gasteiger partial charge in [-0.3, -0.25) is 0 Å². The van der Waals surface area contributed by atoms with Gasteiger partial charge in [-0.25, -0.2) is 0 Å². The lowest BCUT2D eigenvalue weighted by Crippen LogP contribution is -2.47. The molecular weight excluding hydrogens is 268 g/mol. The molecule has 1 fully saturated rings. The molecule has 0 amide bonds. The van der Waals surface area contributed by atoms with E-state index in [0.717, 1.165) is 10.8 Å². The van der Waals surface area contributed by atoms with E-state index in [1.807, 2.05) is 24.4 Å². The number of hydrogen-bond donors (Lipinski definition) is 2. The molecule has 0 saturated carbocycles. The fourth-order valence-corrected chi connectivity index (χ4v) is 3.64. The van der Waals surface area contributed by atoms with Crippen LogP contribution in [0.2, 0.25) is 0 Å². The van der Waals surface area contributed by atoms with Crippen LogP contribution in [0, 0.1) is 5.92 Å². The van der Waals surface area contributed by atoms with Crippen molar-refractivity contribution in [2.24, 2.45) is 5.92 Å². The number of nitrogens with zero attached hydrogens (tertiary/aromatic N) is 1. The first-order chi connectivity index (χ1) is 9.47. The second kappa shape index (κ2) is 7.03. The predicted octanol–water partition coefficient (Wildman–Crippen LogP) is 2.67. The predicted molar refractivity (Wildman–Crippen MR) is 86.2 cm³/mol. The van der Waals surface area contributed by atoms with E-state index in [-0.39, 0.29) is 0 Å². The number of thiophene rings is 1. The summed E-state index contributed by atoms with van der Waals surface area (Å²) in [5, 5.41) is 16.1. The van der Waals surface area contributed by atoms with Gasteiger partial charge in [0.2, 0.25) is 0 Å². The molecule has 2 rings (SSSR count). The van der Waals surface area contributed by atoms with E-state index in [9.17, 15) is 5.11 Å². The van der Waals surface area contributed by atoms with Crippen LogP contribution in [0.25, 0.3) is 0 Å². The van der Waals surface area contributed by atoms with E-state index >= 15 is 0 Å². The van der Waals surface area contributed by atoms with Gasteiger partial charge in [-0.2, -0.15) is 0 Å². The third kappa shape index (κ3) is 4.55. The second-order valence-electron chi connectivity index (χ2n) is 6.60. The standard InChI is InChI=1S/C16H28N2OS/c1-13(2)11-18-8-6-14(7-9-18)17-12-16(3,19)15-5-4-10-20-15/h4-5,10,13-14,17,19H,6-9,11-12H2,1-3H3. The summed E-state index contributed by atoms with van der Waals surface area (Å²) in [5.41, 5.74) is -0.747. The van der Waals surface area contributed by atoms with Crippen molar-refractivity contribution in [2.45, 2.75) is 45.3 Å². The largest absolute Gasteiger partial charge is 0.383 e. The SMILES string of the molecule is CC(C)CN1CCC(NCC(C)(O)c2cccs2)CC1. The Labute approximate surface area is 127 Å². The van der Waals surface area contributed by atoms with E-state index in [1.165, 1.54) is 32.5 Å². The molecule has 114 valence electrons. The summed E-state index contributed by atoms with van der Waals surface area (Å²) in [6, 6.07) is 4.56. The van der Waals surface area contributed by atoms with Crippen molar-refractivity contribution in [3.8, 4) is 0 Å². The summed E-state index contributed by atoms with van der Waals surface area (Å²) in [4.78, 5) is 3.60. The third-order valence-corrected chi connectivity index (χ3v) is 5.12. The minimum absolute atomic E-state index is 0.546. The molecule has 1 aliphatic rings. The van der Waals surface area contributed by atoms with Crippen molar-refractivity contribution in [2.75, 3.05) is 26.2 Å². The molecule has 1 aromatic rings. The van der Waals surface area contributed by atoms with Gasteiger partial charge in [0.25, 0.3) is 0 Å². The maximum atomic E-state index is 10.5. The maximum absolute atomic E-state index is 10.5. The molecule has 1 aromatic heterocycles. The van der Waals surface area contributed by atoms with Crippen LogP contribution < -0.4 is 5.32 Å². The van der Waals surface area contributed by atoms with Gasteiger partial charge >= 0.3 is 0 Å². The number of hydrogen-bond acceptors (Lipinski definition) is 4. The van der Waals surface area contributed by atoms with Gasteiger partial charge in [-0.05, 0) is 50.2 Å². The highest BCUT2D eigenvalue weighted by molar-refractivity contribution is 7.10. The van der Waals surface area contributed by atoms with Crippen molar-refractivity contribution < 1.29 is 5.11 Å². The highest BCUT2D eigenvalue weighted by Crippen LogP contribution is 2.25. The molecule has 2 heterocycles. The molecule has 4 heteroatoms. The molecule has 2 N–H and O–H groups in total. The Morgan fingerprint density at radius 1 is 1.45 bits per heavy atom. The summed E-state index contributed by atoms with van der Waals surface area (Å²) in [6.07, 6.45) is 2.38. The Kier molecular flexibility index (Phi) is 5.61. The smallest absolute Gasteiger partial charge is 0.108 e. The Bertz CT molecular complexity index is 381. The Balaban J connectivity index is 1.73. The number of piperidine rings is 1. The third-order valence-electron chi connectivity index (χ3n) is 4.00. The lowest BCUT2D eigenvalue weighted by molar-refractivity contribution is 0.0533. The van der Waals surface area contributed by atoms with E-state index in [1.54, 1.807) is 11.3 Å². The van der Waals surface area contributed by atoms with Gasteiger partial charge in [0, 0.05) is 24.0 Å². The van der Waals surface area contributed by atoms with Crippen LogP contribution in [0.15, 0.2) is 17.5 Å². The van der Waals surface area contributed by atoms with E-state index in [2.05, 4.69) is 24.1 Å². The topological polar surface area (TPSA) is 35.5 Å². The van der Waals surface area contributed by atoms with E-state index < -0.39 is 5.60 Å². The van der Waals surface area contributed by atoms with Crippen molar-refractivity contribution >= 4 is 11.3 Å². The first kappa shape index (κ1) is 16.0. The zero-order chi connectivity index (χ0) is 14.6. The Hall–Kier alpha value is -0.420. The second-order valence-corrected chi connectivity index (χ2v) is 7.55. The van der Waals surface area contributed by atoms with Crippen LogP contribution in [-0.2, 0) is 5.60 Å². The molecule has 0 spiro atoms. The summed E-state index contributed by atoms with van der Waals surface area (Å²) in [7, 11) is 0. The fraction of sp³-hybridized carbons (Fsp3) is 0.750. The van der Waals surface area contributed by atoms with Gasteiger partial charge < -0.3 is 15.3 Å². The van der Waals surface area contributed by atoms with Crippen molar-refractivity contribution in [1.82, 2.24) is 10.2 Å². The zero-order valence-electron chi connectivity index (χ0n) is 12.9. The molecule has 0 aromatic carbocycles. The van der Waals surface area contributed by atoms with Crippen molar-refractivity contribution in [1.29, 1.82) is 0 Å². The summed E-state index contributed by atoms with van der Waals surface area (Å²) in [6.45, 7) is 10.7. The van der Waals surface area contributed by atoms with Gasteiger partial charge in [-0.15, -0.1) is 11.3 Å². The number of rotatable bonds is 6. The summed E-state index contributed by atoms with van der Waals surface area (Å²) >= 11 is 1.63. The first-order valence-corrected chi connectivity index (χ1v) is 8.57.